The largest absolute Gasteiger partial charge is 0.311 e. The number of carbonyl (C=O) groups excluding carboxylic acids is 1. The van der Waals surface area contributed by atoms with Crippen molar-refractivity contribution in [1.82, 2.24) is 9.55 Å². The van der Waals surface area contributed by atoms with Crippen LogP contribution in [-0.2, 0) is 11.3 Å². The monoisotopic (exact) mass is 263 g/mol. The van der Waals surface area contributed by atoms with Crippen molar-refractivity contribution >= 4 is 23.1 Å². The summed E-state index contributed by atoms with van der Waals surface area (Å²) in [4.78, 5) is 27.1. The highest BCUT2D eigenvalue weighted by molar-refractivity contribution is 7.07. The highest BCUT2D eigenvalue weighted by Crippen LogP contribution is 2.03. The predicted octanol–water partition coefficient (Wildman–Crippen LogP) is 1.64. The van der Waals surface area contributed by atoms with Gasteiger partial charge in [-0.15, -0.1) is 0 Å². The number of aromatic nitrogens is 2. The molecule has 0 spiro atoms. The van der Waals surface area contributed by atoms with Crippen LogP contribution in [0, 0.1) is 6.92 Å². The Bertz CT molecular complexity index is 589. The number of hydrogen-bond acceptors (Lipinski definition) is 4. The first-order valence-electron chi connectivity index (χ1n) is 5.52. The maximum Gasteiger partial charge on any atom is 0.307 e. The molecule has 6 heteroatoms. The van der Waals surface area contributed by atoms with E-state index in [1.165, 1.54) is 0 Å². The van der Waals surface area contributed by atoms with E-state index in [9.17, 15) is 9.59 Å². The number of carbonyl (C=O) groups is 1. The van der Waals surface area contributed by atoms with Crippen LogP contribution in [0.25, 0.3) is 0 Å². The Morgan fingerprint density at radius 1 is 1.50 bits per heavy atom. The van der Waals surface area contributed by atoms with E-state index in [2.05, 4.69) is 10.3 Å². The number of hydrogen-bond donors (Lipinski definition) is 1. The van der Waals surface area contributed by atoms with Gasteiger partial charge >= 0.3 is 4.87 Å². The van der Waals surface area contributed by atoms with Gasteiger partial charge in [-0.2, -0.15) is 0 Å². The third kappa shape index (κ3) is 3.04. The van der Waals surface area contributed by atoms with E-state index in [0.29, 0.717) is 12.4 Å². The first-order chi connectivity index (χ1) is 8.66. The number of rotatable bonds is 4. The summed E-state index contributed by atoms with van der Waals surface area (Å²) in [5.41, 5.74) is 0.885. The number of amides is 1. The van der Waals surface area contributed by atoms with Gasteiger partial charge in [0.15, 0.2) is 0 Å². The third-order valence-electron chi connectivity index (χ3n) is 2.47. The summed E-state index contributed by atoms with van der Waals surface area (Å²) in [6.07, 6.45) is 1.87. The van der Waals surface area contributed by atoms with Crippen molar-refractivity contribution in [3.05, 3.63) is 45.1 Å². The molecule has 0 bridgehead atoms. The minimum absolute atomic E-state index is 0.0295. The Morgan fingerprint density at radius 2 is 2.33 bits per heavy atom. The Labute approximate surface area is 108 Å². The highest BCUT2D eigenvalue weighted by Gasteiger charge is 2.06. The van der Waals surface area contributed by atoms with Crippen LogP contribution in [0.2, 0.25) is 0 Å². The van der Waals surface area contributed by atoms with Gasteiger partial charge in [0.1, 0.15) is 5.82 Å². The second-order valence-electron chi connectivity index (χ2n) is 3.81. The lowest BCUT2D eigenvalue weighted by Crippen LogP contribution is -2.20. The summed E-state index contributed by atoms with van der Waals surface area (Å²) in [6, 6.07) is 5.31. The number of nitrogens with zero attached hydrogens (tertiary/aromatic N) is 2. The molecule has 18 heavy (non-hydrogen) atoms. The van der Waals surface area contributed by atoms with E-state index in [-0.39, 0.29) is 17.2 Å². The first kappa shape index (κ1) is 12.5. The average molecular weight is 263 g/mol. The third-order valence-corrected chi connectivity index (χ3v) is 3.35. The summed E-state index contributed by atoms with van der Waals surface area (Å²) in [6.45, 7) is 2.25. The zero-order chi connectivity index (χ0) is 13.0. The van der Waals surface area contributed by atoms with Crippen LogP contribution in [0.15, 0.2) is 34.6 Å². The molecule has 0 saturated carbocycles. The molecule has 1 N–H and O–H groups in total. The van der Waals surface area contributed by atoms with Gasteiger partial charge in [0, 0.05) is 30.2 Å². The van der Waals surface area contributed by atoms with Gasteiger partial charge in [0.2, 0.25) is 5.91 Å². The molecule has 0 aliphatic carbocycles. The molecule has 94 valence electrons. The summed E-state index contributed by atoms with van der Waals surface area (Å²) in [7, 11) is 0. The lowest BCUT2D eigenvalue weighted by atomic mass is 10.3. The molecule has 0 aliphatic rings. The molecule has 2 aromatic heterocycles. The number of aryl methyl sites for hydroxylation is 1. The van der Waals surface area contributed by atoms with Crippen LogP contribution in [0.1, 0.15) is 12.1 Å². The van der Waals surface area contributed by atoms with E-state index >= 15 is 0 Å². The van der Waals surface area contributed by atoms with E-state index in [0.717, 1.165) is 17.0 Å². The minimum Gasteiger partial charge on any atom is -0.311 e. The van der Waals surface area contributed by atoms with Gasteiger partial charge < -0.3 is 9.88 Å². The SMILES string of the molecule is Cc1csc(=O)n1CCC(=O)Nc1ccccn1. The van der Waals surface area contributed by atoms with Crippen LogP contribution in [0.3, 0.4) is 0 Å². The maximum atomic E-state index is 11.7. The van der Waals surface area contributed by atoms with Crippen LogP contribution >= 0.6 is 11.3 Å². The van der Waals surface area contributed by atoms with Crippen molar-refractivity contribution in [3.8, 4) is 0 Å². The van der Waals surface area contributed by atoms with Gasteiger partial charge in [-0.25, -0.2) is 4.98 Å². The minimum atomic E-state index is -0.147. The Kier molecular flexibility index (Phi) is 3.88. The number of nitrogens with one attached hydrogen (secondary N) is 1. The fraction of sp³-hybridized carbons (Fsp3) is 0.250. The second kappa shape index (κ2) is 5.59. The van der Waals surface area contributed by atoms with Crippen LogP contribution in [0.5, 0.6) is 0 Å². The van der Waals surface area contributed by atoms with Crippen LogP contribution < -0.4 is 10.2 Å². The first-order valence-corrected chi connectivity index (χ1v) is 6.40. The topological polar surface area (TPSA) is 64.0 Å². The number of anilines is 1. The fourth-order valence-electron chi connectivity index (χ4n) is 1.53. The van der Waals surface area contributed by atoms with Crippen molar-refractivity contribution in [2.24, 2.45) is 0 Å². The van der Waals surface area contributed by atoms with Gasteiger partial charge in [0.25, 0.3) is 0 Å². The molecule has 0 radical (unpaired) electrons. The fourth-order valence-corrected chi connectivity index (χ4v) is 2.29. The molecule has 0 aromatic carbocycles. The van der Waals surface area contributed by atoms with Crippen molar-refractivity contribution in [2.75, 3.05) is 5.32 Å². The van der Waals surface area contributed by atoms with E-state index < -0.39 is 0 Å². The molecule has 0 aliphatic heterocycles. The van der Waals surface area contributed by atoms with Crippen LogP contribution in [0.4, 0.5) is 5.82 Å². The molecular formula is C12H13N3O2S. The average Bonchev–Trinajstić information content (AvgIpc) is 2.68. The molecule has 0 saturated heterocycles. The lowest BCUT2D eigenvalue weighted by molar-refractivity contribution is -0.116. The van der Waals surface area contributed by atoms with Gasteiger partial charge in [-0.3, -0.25) is 9.59 Å². The number of pyridine rings is 1. The summed E-state index contributed by atoms with van der Waals surface area (Å²) >= 11 is 1.15. The number of thiazole rings is 1. The lowest BCUT2D eigenvalue weighted by Gasteiger charge is -2.05. The van der Waals surface area contributed by atoms with Crippen molar-refractivity contribution in [2.45, 2.75) is 19.9 Å². The van der Waals surface area contributed by atoms with E-state index in [1.807, 2.05) is 6.92 Å². The second-order valence-corrected chi connectivity index (χ2v) is 4.63. The van der Waals surface area contributed by atoms with Crippen molar-refractivity contribution in [1.29, 1.82) is 0 Å². The maximum absolute atomic E-state index is 11.7. The van der Waals surface area contributed by atoms with E-state index in [4.69, 9.17) is 0 Å². The molecule has 0 fully saturated rings. The van der Waals surface area contributed by atoms with Gasteiger partial charge in [0.05, 0.1) is 0 Å². The molecule has 2 heterocycles. The van der Waals surface area contributed by atoms with Crippen LogP contribution in [-0.4, -0.2) is 15.5 Å². The zero-order valence-corrected chi connectivity index (χ0v) is 10.7. The Hall–Kier alpha value is -1.95. The summed E-state index contributed by atoms with van der Waals surface area (Å²) < 4.78 is 1.60. The van der Waals surface area contributed by atoms with Crippen molar-refractivity contribution in [3.63, 3.8) is 0 Å². The quantitative estimate of drug-likeness (QED) is 0.912. The van der Waals surface area contributed by atoms with Gasteiger partial charge in [-0.05, 0) is 19.1 Å². The zero-order valence-electron chi connectivity index (χ0n) is 9.92. The molecule has 5 nitrogen and oxygen atoms in total. The van der Waals surface area contributed by atoms with Crippen molar-refractivity contribution < 1.29 is 4.79 Å². The summed E-state index contributed by atoms with van der Waals surface area (Å²) in [5.74, 6) is 0.378. The molecule has 2 aromatic rings. The van der Waals surface area contributed by atoms with Gasteiger partial charge in [-0.1, -0.05) is 17.4 Å². The summed E-state index contributed by atoms with van der Waals surface area (Å²) in [5, 5.41) is 4.47. The molecule has 0 atom stereocenters. The Balaban J connectivity index is 1.92. The predicted molar refractivity (Wildman–Crippen MR) is 70.8 cm³/mol. The molecule has 2 rings (SSSR count). The Morgan fingerprint density at radius 3 is 2.94 bits per heavy atom. The smallest absolute Gasteiger partial charge is 0.307 e. The molecule has 0 unspecified atom stereocenters. The van der Waals surface area contributed by atoms with E-state index in [1.54, 1.807) is 34.3 Å². The normalized spacial score (nSPS) is 10.3. The standard InChI is InChI=1S/C12H13N3O2S/c1-9-8-18-12(17)15(9)7-5-11(16)14-10-4-2-3-6-13-10/h2-4,6,8H,5,7H2,1H3,(H,13,14,16). The highest BCUT2D eigenvalue weighted by atomic mass is 32.1. The molecule has 1 amide bonds. The molecular weight excluding hydrogens is 250 g/mol.